The number of aromatic amines is 2. The van der Waals surface area contributed by atoms with Gasteiger partial charge >= 0.3 is 11.7 Å². The Labute approximate surface area is 179 Å². The minimum absolute atomic E-state index is 0.0614. The highest BCUT2D eigenvalue weighted by atomic mass is 32.2. The van der Waals surface area contributed by atoms with Crippen molar-refractivity contribution in [1.82, 2.24) is 20.6 Å². The van der Waals surface area contributed by atoms with Gasteiger partial charge in [0.15, 0.2) is 5.03 Å². The van der Waals surface area contributed by atoms with Crippen LogP contribution in [0.15, 0.2) is 74.3 Å². The molecule has 11 heteroatoms. The molecule has 3 aromatic rings. The fourth-order valence-corrected chi connectivity index (χ4v) is 3.38. The predicted molar refractivity (Wildman–Crippen MR) is 114 cm³/mol. The van der Waals surface area contributed by atoms with Crippen LogP contribution < -0.4 is 21.4 Å². The lowest BCUT2D eigenvalue weighted by Crippen LogP contribution is -2.28. The molecule has 3 rings (SSSR count). The van der Waals surface area contributed by atoms with E-state index in [2.05, 4.69) is 25.7 Å². The van der Waals surface area contributed by atoms with Crippen molar-refractivity contribution in [2.45, 2.75) is 17.2 Å². The summed E-state index contributed by atoms with van der Waals surface area (Å²) >= 11 is 0.880. The second-order valence-electron chi connectivity index (χ2n) is 6.12. The van der Waals surface area contributed by atoms with Gasteiger partial charge in [-0.2, -0.15) is 10.2 Å². The molecule has 3 N–H and O–H groups in total. The predicted octanol–water partition coefficient (Wildman–Crippen LogP) is 1.37. The van der Waals surface area contributed by atoms with Gasteiger partial charge in [-0.1, -0.05) is 42.1 Å². The normalized spacial score (nSPS) is 11.8. The second-order valence-corrected chi connectivity index (χ2v) is 7.21. The molecule has 1 unspecified atom stereocenters. The van der Waals surface area contributed by atoms with Crippen LogP contribution in [0.4, 0.5) is 0 Å². The molecule has 0 radical (unpaired) electrons. The van der Waals surface area contributed by atoms with Crippen molar-refractivity contribution < 1.29 is 14.3 Å². The van der Waals surface area contributed by atoms with E-state index in [0.29, 0.717) is 16.9 Å². The standard InChI is InChI=1S/C20H17N5O5S/c1-12(26)30-15-9-7-13(8-10-15)11-21-23-17(27)16(14-5-3-2-4-6-14)31-19-18(28)22-20(29)25-24-19/h2-11,16H,1H3,(H,23,27)(H2,22,25,28,29)/b21-11-. The molecule has 0 bridgehead atoms. The van der Waals surface area contributed by atoms with Crippen LogP contribution >= 0.6 is 11.8 Å². The van der Waals surface area contributed by atoms with Gasteiger partial charge in [0.1, 0.15) is 11.0 Å². The molecular weight excluding hydrogens is 422 g/mol. The highest BCUT2D eigenvalue weighted by molar-refractivity contribution is 8.00. The molecule has 1 aromatic heterocycles. The fraction of sp³-hybridized carbons (Fsp3) is 0.100. The number of esters is 1. The maximum absolute atomic E-state index is 12.8. The van der Waals surface area contributed by atoms with Crippen LogP contribution in [-0.2, 0) is 9.59 Å². The number of benzene rings is 2. The van der Waals surface area contributed by atoms with Crippen LogP contribution in [-0.4, -0.2) is 33.3 Å². The number of carbonyl (C=O) groups is 2. The maximum Gasteiger partial charge on any atom is 0.342 e. The number of nitrogens with one attached hydrogen (secondary N) is 3. The Morgan fingerprint density at radius 2 is 1.84 bits per heavy atom. The number of rotatable bonds is 7. The summed E-state index contributed by atoms with van der Waals surface area (Å²) in [7, 11) is 0. The number of hydrogen-bond donors (Lipinski definition) is 3. The van der Waals surface area contributed by atoms with E-state index >= 15 is 0 Å². The first-order valence-corrected chi connectivity index (χ1v) is 9.82. The summed E-state index contributed by atoms with van der Waals surface area (Å²) in [6, 6.07) is 15.3. The van der Waals surface area contributed by atoms with Crippen molar-refractivity contribution in [3.63, 3.8) is 0 Å². The largest absolute Gasteiger partial charge is 0.427 e. The average Bonchev–Trinajstić information content (AvgIpc) is 2.74. The summed E-state index contributed by atoms with van der Waals surface area (Å²) in [5.74, 6) is -0.516. The molecule has 0 saturated carbocycles. The van der Waals surface area contributed by atoms with Crippen molar-refractivity contribution in [3.8, 4) is 5.75 Å². The molecule has 0 aliphatic rings. The minimum Gasteiger partial charge on any atom is -0.427 e. The van der Waals surface area contributed by atoms with Gasteiger partial charge in [-0.05, 0) is 35.4 Å². The summed E-state index contributed by atoms with van der Waals surface area (Å²) in [4.78, 5) is 48.9. The van der Waals surface area contributed by atoms with E-state index in [9.17, 15) is 19.2 Å². The molecular formula is C20H17N5O5S. The van der Waals surface area contributed by atoms with Gasteiger partial charge < -0.3 is 4.74 Å². The van der Waals surface area contributed by atoms with E-state index in [1.165, 1.54) is 13.1 Å². The van der Waals surface area contributed by atoms with Gasteiger partial charge in [-0.3, -0.25) is 19.4 Å². The highest BCUT2D eigenvalue weighted by Gasteiger charge is 2.24. The van der Waals surface area contributed by atoms with Crippen LogP contribution in [0.5, 0.6) is 5.75 Å². The third-order valence-electron chi connectivity index (χ3n) is 3.78. The molecule has 2 aromatic carbocycles. The molecule has 10 nitrogen and oxygen atoms in total. The lowest BCUT2D eigenvalue weighted by Gasteiger charge is -2.14. The van der Waals surface area contributed by atoms with Crippen LogP contribution in [0.1, 0.15) is 23.3 Å². The fourth-order valence-electron chi connectivity index (χ4n) is 2.45. The van der Waals surface area contributed by atoms with Crippen molar-refractivity contribution in [3.05, 3.63) is 86.6 Å². The van der Waals surface area contributed by atoms with Gasteiger partial charge in [0.25, 0.3) is 11.5 Å². The summed E-state index contributed by atoms with van der Waals surface area (Å²) in [5.41, 5.74) is 2.30. The Balaban J connectivity index is 1.74. The Morgan fingerprint density at radius 1 is 1.13 bits per heavy atom. The van der Waals surface area contributed by atoms with Gasteiger partial charge in [-0.15, -0.1) is 0 Å². The number of thioether (sulfide) groups is 1. The minimum atomic E-state index is -0.843. The summed E-state index contributed by atoms with van der Waals surface area (Å²) in [6.45, 7) is 1.31. The van der Waals surface area contributed by atoms with E-state index in [-0.39, 0.29) is 5.03 Å². The molecule has 158 valence electrons. The van der Waals surface area contributed by atoms with Crippen molar-refractivity contribution in [2.24, 2.45) is 5.10 Å². The Morgan fingerprint density at radius 3 is 2.48 bits per heavy atom. The van der Waals surface area contributed by atoms with E-state index in [1.807, 2.05) is 0 Å². The third kappa shape index (κ3) is 6.24. The molecule has 0 fully saturated rings. The van der Waals surface area contributed by atoms with Gasteiger partial charge in [0.05, 0.1) is 6.21 Å². The van der Waals surface area contributed by atoms with Crippen LogP contribution in [0.3, 0.4) is 0 Å². The number of nitrogens with zero attached hydrogens (tertiary/aromatic N) is 2. The quantitative estimate of drug-likeness (QED) is 0.166. The van der Waals surface area contributed by atoms with E-state index in [0.717, 1.165) is 11.8 Å². The van der Waals surface area contributed by atoms with Crippen molar-refractivity contribution in [2.75, 3.05) is 0 Å². The smallest absolute Gasteiger partial charge is 0.342 e. The molecule has 1 atom stereocenters. The zero-order chi connectivity index (χ0) is 22.2. The average molecular weight is 439 g/mol. The third-order valence-corrected chi connectivity index (χ3v) is 5.00. The Hall–Kier alpha value is -3.99. The number of carbonyl (C=O) groups excluding carboxylic acids is 2. The first kappa shape index (κ1) is 21.7. The molecule has 31 heavy (non-hydrogen) atoms. The van der Waals surface area contributed by atoms with Crippen LogP contribution in [0.2, 0.25) is 0 Å². The maximum atomic E-state index is 12.8. The van der Waals surface area contributed by atoms with Gasteiger partial charge in [0.2, 0.25) is 0 Å². The Bertz CT molecular complexity index is 1200. The van der Waals surface area contributed by atoms with Crippen LogP contribution in [0.25, 0.3) is 0 Å². The van der Waals surface area contributed by atoms with Gasteiger partial charge in [0, 0.05) is 6.92 Å². The first-order chi connectivity index (χ1) is 14.9. The van der Waals surface area contributed by atoms with E-state index in [1.54, 1.807) is 54.6 Å². The molecule has 0 aliphatic carbocycles. The van der Waals surface area contributed by atoms with Crippen molar-refractivity contribution in [1.29, 1.82) is 0 Å². The first-order valence-electron chi connectivity index (χ1n) is 8.94. The number of hydrogen-bond acceptors (Lipinski definition) is 8. The summed E-state index contributed by atoms with van der Waals surface area (Å²) < 4.78 is 4.95. The zero-order valence-electron chi connectivity index (χ0n) is 16.2. The zero-order valence-corrected chi connectivity index (χ0v) is 17.0. The number of aromatic nitrogens is 3. The number of H-pyrrole nitrogens is 2. The number of ether oxygens (including phenoxy) is 1. The highest BCUT2D eigenvalue weighted by Crippen LogP contribution is 2.32. The molecule has 0 spiro atoms. The molecule has 0 saturated heterocycles. The topological polar surface area (TPSA) is 146 Å². The SMILES string of the molecule is CC(=O)Oc1ccc(/C=N\NC(=O)C(Sc2n[nH]c(=O)[nH]c2=O)c2ccccc2)cc1. The number of hydrazone groups is 1. The van der Waals surface area contributed by atoms with Gasteiger partial charge in [-0.25, -0.2) is 15.3 Å². The Kier molecular flexibility index (Phi) is 7.12. The second kappa shape index (κ2) is 10.2. The van der Waals surface area contributed by atoms with Crippen LogP contribution in [0, 0.1) is 0 Å². The molecule has 1 amide bonds. The molecule has 0 aliphatic heterocycles. The lowest BCUT2D eigenvalue weighted by atomic mass is 10.1. The summed E-state index contributed by atoms with van der Waals surface area (Å²) in [5, 5.41) is 8.89. The lowest BCUT2D eigenvalue weighted by molar-refractivity contribution is -0.131. The molecule has 1 heterocycles. The van der Waals surface area contributed by atoms with Crippen molar-refractivity contribution >= 4 is 29.9 Å². The van der Waals surface area contributed by atoms with E-state index in [4.69, 9.17) is 4.74 Å². The van der Waals surface area contributed by atoms with E-state index < -0.39 is 28.4 Å². The monoisotopic (exact) mass is 439 g/mol. The number of amides is 1. The summed E-state index contributed by atoms with van der Waals surface area (Å²) in [6.07, 6.45) is 1.42.